The molecule has 1 aliphatic heterocycles. The van der Waals surface area contributed by atoms with E-state index in [0.29, 0.717) is 12.2 Å². The molecule has 1 unspecified atom stereocenters. The summed E-state index contributed by atoms with van der Waals surface area (Å²) in [6.07, 6.45) is 1.00. The normalized spacial score (nSPS) is 17.6. The predicted octanol–water partition coefficient (Wildman–Crippen LogP) is -0.0852. The highest BCUT2D eigenvalue weighted by atomic mass is 17.0. The smallest absolute Gasteiger partial charge is 0.481 e. The molecule has 1 rings (SSSR count). The van der Waals surface area contributed by atoms with Crippen LogP contribution in [-0.2, 0) is 47.4 Å². The SMILES string of the molecule is C=CC(=O)OB1OC(OC(=O)C=C)C(OC(=O)C=C)(OC(=O)C=C)O1. The van der Waals surface area contributed by atoms with E-state index in [1.165, 1.54) is 0 Å². The zero-order chi connectivity index (χ0) is 19.0. The van der Waals surface area contributed by atoms with Gasteiger partial charge in [-0.25, -0.2) is 19.2 Å². The molecule has 1 atom stereocenters. The molecule has 0 aromatic carbocycles. The Morgan fingerprint density at radius 3 is 1.76 bits per heavy atom. The fraction of sp³-hybridized carbons (Fsp3) is 0.143. The average molecular weight is 352 g/mol. The monoisotopic (exact) mass is 352 g/mol. The van der Waals surface area contributed by atoms with Crippen LogP contribution in [0, 0.1) is 0 Å². The van der Waals surface area contributed by atoms with Crippen molar-refractivity contribution in [3.05, 3.63) is 50.6 Å². The van der Waals surface area contributed by atoms with E-state index in [1.54, 1.807) is 0 Å². The average Bonchev–Trinajstić information content (AvgIpc) is 2.90. The lowest BCUT2D eigenvalue weighted by molar-refractivity contribution is -0.351. The van der Waals surface area contributed by atoms with E-state index in [1.807, 2.05) is 0 Å². The second-order valence-corrected chi connectivity index (χ2v) is 4.01. The van der Waals surface area contributed by atoms with Gasteiger partial charge in [-0.15, -0.1) is 0 Å². The van der Waals surface area contributed by atoms with Gasteiger partial charge in [-0.2, -0.15) is 0 Å². The second kappa shape index (κ2) is 8.61. The molecular formula is C14H13BO10. The number of hydrogen-bond donors (Lipinski definition) is 0. The fourth-order valence-electron chi connectivity index (χ4n) is 1.38. The maximum absolute atomic E-state index is 11.6. The van der Waals surface area contributed by atoms with Crippen molar-refractivity contribution in [2.24, 2.45) is 0 Å². The van der Waals surface area contributed by atoms with Crippen molar-refractivity contribution in [2.45, 2.75) is 12.3 Å². The van der Waals surface area contributed by atoms with Crippen molar-refractivity contribution in [2.75, 3.05) is 0 Å². The minimum Gasteiger partial charge on any atom is -0.481 e. The molecule has 0 aliphatic carbocycles. The van der Waals surface area contributed by atoms with E-state index >= 15 is 0 Å². The number of ether oxygens (including phenoxy) is 3. The van der Waals surface area contributed by atoms with E-state index < -0.39 is 43.5 Å². The first-order valence-electron chi connectivity index (χ1n) is 6.50. The lowest BCUT2D eigenvalue weighted by Crippen LogP contribution is -2.50. The Hall–Kier alpha value is -3.18. The van der Waals surface area contributed by atoms with Crippen LogP contribution in [0.4, 0.5) is 0 Å². The van der Waals surface area contributed by atoms with Crippen LogP contribution < -0.4 is 0 Å². The molecular weight excluding hydrogens is 339 g/mol. The first kappa shape index (κ1) is 19.9. The second-order valence-electron chi connectivity index (χ2n) is 4.01. The Morgan fingerprint density at radius 1 is 0.840 bits per heavy atom. The molecule has 1 heterocycles. The highest BCUT2D eigenvalue weighted by Crippen LogP contribution is 2.33. The van der Waals surface area contributed by atoms with E-state index in [4.69, 9.17) is 23.5 Å². The van der Waals surface area contributed by atoms with Crippen LogP contribution in [0.5, 0.6) is 0 Å². The molecule has 0 amide bonds. The summed E-state index contributed by atoms with van der Waals surface area (Å²) in [4.78, 5) is 45.8. The zero-order valence-corrected chi connectivity index (χ0v) is 12.9. The molecule has 1 saturated heterocycles. The van der Waals surface area contributed by atoms with Crippen LogP contribution in [-0.4, -0.2) is 43.5 Å². The van der Waals surface area contributed by atoms with Crippen molar-refractivity contribution < 1.29 is 47.4 Å². The zero-order valence-electron chi connectivity index (χ0n) is 12.9. The molecule has 0 aromatic heterocycles. The van der Waals surface area contributed by atoms with Gasteiger partial charge in [0.25, 0.3) is 0 Å². The van der Waals surface area contributed by atoms with Crippen molar-refractivity contribution >= 4 is 31.2 Å². The maximum atomic E-state index is 11.6. The molecule has 25 heavy (non-hydrogen) atoms. The third kappa shape index (κ3) is 5.16. The summed E-state index contributed by atoms with van der Waals surface area (Å²) < 4.78 is 29.0. The van der Waals surface area contributed by atoms with E-state index in [2.05, 4.69) is 31.0 Å². The fourth-order valence-corrected chi connectivity index (χ4v) is 1.38. The summed E-state index contributed by atoms with van der Waals surface area (Å²) >= 11 is 0. The Bertz CT molecular complexity index is 603. The molecule has 10 nitrogen and oxygen atoms in total. The minimum absolute atomic E-state index is 0.711. The van der Waals surface area contributed by atoms with Gasteiger partial charge in [0.2, 0.25) is 0 Å². The van der Waals surface area contributed by atoms with Gasteiger partial charge in [-0.1, -0.05) is 26.3 Å². The van der Waals surface area contributed by atoms with E-state index in [0.717, 1.165) is 12.2 Å². The molecule has 0 N–H and O–H groups in total. The van der Waals surface area contributed by atoms with Crippen molar-refractivity contribution in [1.82, 2.24) is 0 Å². The topological polar surface area (TPSA) is 124 Å². The summed E-state index contributed by atoms with van der Waals surface area (Å²) in [6.45, 7) is 12.7. The summed E-state index contributed by atoms with van der Waals surface area (Å²) in [5.74, 6) is -7.01. The van der Waals surface area contributed by atoms with Crippen LogP contribution >= 0.6 is 0 Å². The summed E-state index contributed by atoms with van der Waals surface area (Å²) in [5, 5.41) is 0. The van der Waals surface area contributed by atoms with Crippen LogP contribution in [0.25, 0.3) is 0 Å². The van der Waals surface area contributed by atoms with Crippen LogP contribution in [0.2, 0.25) is 0 Å². The minimum atomic E-state index is -2.72. The number of carbonyl (C=O) groups is 4. The van der Waals surface area contributed by atoms with E-state index in [9.17, 15) is 19.2 Å². The summed E-state index contributed by atoms with van der Waals surface area (Å²) in [7, 11) is -1.86. The number of hydrogen-bond acceptors (Lipinski definition) is 10. The van der Waals surface area contributed by atoms with Crippen LogP contribution in [0.3, 0.4) is 0 Å². The largest absolute Gasteiger partial charge is 0.724 e. The van der Waals surface area contributed by atoms with Crippen molar-refractivity contribution in [1.29, 1.82) is 0 Å². The van der Waals surface area contributed by atoms with E-state index in [-0.39, 0.29) is 0 Å². The van der Waals surface area contributed by atoms with Crippen molar-refractivity contribution in [3.63, 3.8) is 0 Å². The molecule has 1 aliphatic rings. The summed E-state index contributed by atoms with van der Waals surface area (Å²) in [5.41, 5.74) is 0. The Kier molecular flexibility index (Phi) is 6.85. The predicted molar refractivity (Wildman–Crippen MR) is 79.6 cm³/mol. The lowest BCUT2D eigenvalue weighted by Gasteiger charge is -2.29. The van der Waals surface area contributed by atoms with Gasteiger partial charge >= 0.3 is 43.5 Å². The Labute approximate surface area is 142 Å². The quantitative estimate of drug-likeness (QED) is 0.253. The third-order valence-corrected chi connectivity index (χ3v) is 2.37. The van der Waals surface area contributed by atoms with Crippen LogP contribution in [0.1, 0.15) is 0 Å². The van der Waals surface area contributed by atoms with Gasteiger partial charge < -0.3 is 23.5 Å². The number of rotatable bonds is 8. The van der Waals surface area contributed by atoms with Gasteiger partial charge in [0.15, 0.2) is 0 Å². The van der Waals surface area contributed by atoms with Crippen LogP contribution in [0.15, 0.2) is 50.6 Å². The first-order chi connectivity index (χ1) is 11.8. The number of carbonyl (C=O) groups excluding carboxylic acids is 4. The third-order valence-electron chi connectivity index (χ3n) is 2.37. The molecule has 132 valence electrons. The Morgan fingerprint density at radius 2 is 1.32 bits per heavy atom. The number of esters is 3. The van der Waals surface area contributed by atoms with Gasteiger partial charge in [0, 0.05) is 24.3 Å². The molecule has 0 bridgehead atoms. The van der Waals surface area contributed by atoms with Gasteiger partial charge in [-0.05, 0) is 0 Å². The first-order valence-corrected chi connectivity index (χ1v) is 6.50. The van der Waals surface area contributed by atoms with Gasteiger partial charge in [-0.3, -0.25) is 4.65 Å². The van der Waals surface area contributed by atoms with Gasteiger partial charge in [0.05, 0.1) is 0 Å². The molecule has 0 saturated carbocycles. The molecule has 1 fully saturated rings. The molecule has 0 spiro atoms. The molecule has 0 radical (unpaired) electrons. The highest BCUT2D eigenvalue weighted by molar-refractivity contribution is 6.40. The Balaban J connectivity index is 3.20. The highest BCUT2D eigenvalue weighted by Gasteiger charge is 2.64. The van der Waals surface area contributed by atoms with Crippen molar-refractivity contribution in [3.8, 4) is 0 Å². The standard InChI is InChI=1S/C14H13BO10/c1-5-9(16)20-13-14(21-10(17)6-2,22-11(18)7-3)25-15(24-13)23-12(19)8-4/h5-8,13H,1-4H2. The summed E-state index contributed by atoms with van der Waals surface area (Å²) in [6, 6.07) is 0. The van der Waals surface area contributed by atoms with Gasteiger partial charge in [0.1, 0.15) is 0 Å². The molecule has 0 aromatic rings. The maximum Gasteiger partial charge on any atom is 0.724 e. The lowest BCUT2D eigenvalue weighted by atomic mass is 10.2. The molecule has 11 heteroatoms.